The maximum absolute atomic E-state index is 11.2. The maximum Gasteiger partial charge on any atom is 0.335 e. The highest BCUT2D eigenvalue weighted by molar-refractivity contribution is 5.94. The first-order chi connectivity index (χ1) is 12.2. The van der Waals surface area contributed by atoms with Crippen molar-refractivity contribution in [3.63, 3.8) is 0 Å². The smallest absolute Gasteiger partial charge is 0.335 e. The van der Waals surface area contributed by atoms with Crippen molar-refractivity contribution in [3.8, 4) is 12.3 Å². The van der Waals surface area contributed by atoms with Crippen molar-refractivity contribution in [1.82, 2.24) is 9.38 Å². The van der Waals surface area contributed by atoms with E-state index in [1.165, 1.54) is 0 Å². The zero-order valence-corrected chi connectivity index (χ0v) is 13.1. The van der Waals surface area contributed by atoms with Crippen LogP contribution in [0.25, 0.3) is 16.6 Å². The van der Waals surface area contributed by atoms with Gasteiger partial charge in [0.25, 0.3) is 0 Å². The van der Waals surface area contributed by atoms with Gasteiger partial charge < -0.3 is 14.8 Å². The van der Waals surface area contributed by atoms with Crippen LogP contribution in [-0.4, -0.2) is 20.5 Å². The van der Waals surface area contributed by atoms with E-state index in [1.807, 2.05) is 47.0 Å². The molecule has 2 N–H and O–H groups in total. The number of nitrogens with one attached hydrogen (secondary N) is 1. The van der Waals surface area contributed by atoms with Crippen LogP contribution in [0.1, 0.15) is 15.9 Å². The highest BCUT2D eigenvalue weighted by atomic mass is 16.4. The summed E-state index contributed by atoms with van der Waals surface area (Å²) < 4.78 is 1.92. The summed E-state index contributed by atoms with van der Waals surface area (Å²) in [5.74, 6) is 2.32. The lowest BCUT2D eigenvalue weighted by molar-refractivity contribution is 0.0697. The SMILES string of the molecule is C#Cc1cccc(Nc2nc3ccc(C(=O)O)cc3n3cccc23)c1. The molecule has 120 valence electrons. The minimum Gasteiger partial charge on any atom is -0.478 e. The summed E-state index contributed by atoms with van der Waals surface area (Å²) in [7, 11) is 0. The normalized spacial score (nSPS) is 10.7. The number of carbonyl (C=O) groups is 1. The molecule has 0 amide bonds. The molecular formula is C20H13N3O2. The molecule has 2 aromatic heterocycles. The molecule has 0 aliphatic carbocycles. The molecule has 5 heteroatoms. The minimum absolute atomic E-state index is 0.228. The van der Waals surface area contributed by atoms with Gasteiger partial charge in [-0.3, -0.25) is 0 Å². The number of aromatic carboxylic acids is 1. The number of carboxylic acid groups (broad SMARTS) is 1. The van der Waals surface area contributed by atoms with Gasteiger partial charge in [0, 0.05) is 17.4 Å². The molecule has 0 radical (unpaired) electrons. The second kappa shape index (κ2) is 5.69. The van der Waals surface area contributed by atoms with Crippen LogP contribution in [0.15, 0.2) is 60.8 Å². The van der Waals surface area contributed by atoms with Crippen LogP contribution in [0.2, 0.25) is 0 Å². The zero-order chi connectivity index (χ0) is 17.4. The summed E-state index contributed by atoms with van der Waals surface area (Å²) in [6, 6.07) is 16.2. The van der Waals surface area contributed by atoms with E-state index >= 15 is 0 Å². The first-order valence-electron chi connectivity index (χ1n) is 7.63. The first-order valence-corrected chi connectivity index (χ1v) is 7.63. The van der Waals surface area contributed by atoms with E-state index in [4.69, 9.17) is 6.42 Å². The Morgan fingerprint density at radius 2 is 2.00 bits per heavy atom. The van der Waals surface area contributed by atoms with Crippen LogP contribution in [-0.2, 0) is 0 Å². The summed E-state index contributed by atoms with van der Waals surface area (Å²) in [6.45, 7) is 0. The standard InChI is InChI=1S/C20H13N3O2/c1-2-13-5-3-6-15(11-13)21-19-17-7-4-10-23(17)18-12-14(20(24)25)8-9-16(18)22-19/h1,3-12H,(H,21,22)(H,24,25). The largest absolute Gasteiger partial charge is 0.478 e. The van der Waals surface area contributed by atoms with Crippen LogP contribution in [0.3, 0.4) is 0 Å². The zero-order valence-electron chi connectivity index (χ0n) is 13.1. The molecule has 0 aliphatic rings. The Morgan fingerprint density at radius 1 is 1.12 bits per heavy atom. The van der Waals surface area contributed by atoms with Crippen LogP contribution in [0.4, 0.5) is 11.5 Å². The molecule has 0 bridgehead atoms. The number of aromatic nitrogens is 2. The Morgan fingerprint density at radius 3 is 2.80 bits per heavy atom. The summed E-state index contributed by atoms with van der Waals surface area (Å²) in [5, 5.41) is 12.5. The number of benzene rings is 2. The monoisotopic (exact) mass is 327 g/mol. The van der Waals surface area contributed by atoms with Crippen LogP contribution in [0, 0.1) is 12.3 Å². The van der Waals surface area contributed by atoms with E-state index in [2.05, 4.69) is 16.2 Å². The number of fused-ring (bicyclic) bond motifs is 3. The fourth-order valence-electron chi connectivity index (χ4n) is 2.82. The maximum atomic E-state index is 11.2. The Hall–Kier alpha value is -3.78. The predicted octanol–water partition coefficient (Wildman–Crippen LogP) is 3.91. The molecule has 0 saturated carbocycles. The molecule has 0 saturated heterocycles. The molecule has 4 rings (SSSR count). The summed E-state index contributed by atoms with van der Waals surface area (Å²) in [6.07, 6.45) is 7.34. The fraction of sp³-hybridized carbons (Fsp3) is 0. The molecule has 0 unspecified atom stereocenters. The van der Waals surface area contributed by atoms with Gasteiger partial charge >= 0.3 is 5.97 Å². The molecular weight excluding hydrogens is 314 g/mol. The number of anilines is 2. The van der Waals surface area contributed by atoms with E-state index in [9.17, 15) is 9.90 Å². The van der Waals surface area contributed by atoms with E-state index in [0.717, 1.165) is 22.3 Å². The van der Waals surface area contributed by atoms with Crippen molar-refractivity contribution < 1.29 is 9.90 Å². The molecule has 5 nitrogen and oxygen atoms in total. The number of nitrogens with zero attached hydrogens (tertiary/aromatic N) is 2. The van der Waals surface area contributed by atoms with Gasteiger partial charge in [0.05, 0.1) is 22.1 Å². The average molecular weight is 327 g/mol. The Balaban J connectivity index is 1.89. The summed E-state index contributed by atoms with van der Waals surface area (Å²) in [5.41, 5.74) is 4.14. The van der Waals surface area contributed by atoms with Crippen LogP contribution >= 0.6 is 0 Å². The number of rotatable bonds is 3. The lowest BCUT2D eigenvalue weighted by Gasteiger charge is -2.11. The molecule has 4 aromatic rings. The highest BCUT2D eigenvalue weighted by Crippen LogP contribution is 2.26. The number of terminal acetylenes is 1. The quantitative estimate of drug-likeness (QED) is 0.560. The molecule has 0 spiro atoms. The average Bonchev–Trinajstić information content (AvgIpc) is 3.12. The van der Waals surface area contributed by atoms with E-state index < -0.39 is 5.97 Å². The third-order valence-corrected chi connectivity index (χ3v) is 4.00. The lowest BCUT2D eigenvalue weighted by Crippen LogP contribution is -2.01. The number of carboxylic acids is 1. The van der Waals surface area contributed by atoms with Crippen molar-refractivity contribution in [3.05, 3.63) is 71.9 Å². The molecule has 25 heavy (non-hydrogen) atoms. The van der Waals surface area contributed by atoms with Crippen LogP contribution < -0.4 is 5.32 Å². The third-order valence-electron chi connectivity index (χ3n) is 4.00. The van der Waals surface area contributed by atoms with Gasteiger partial charge in [-0.25, -0.2) is 9.78 Å². The molecule has 2 heterocycles. The van der Waals surface area contributed by atoms with Gasteiger partial charge in [-0.05, 0) is 48.5 Å². The molecule has 0 aliphatic heterocycles. The summed E-state index contributed by atoms with van der Waals surface area (Å²) >= 11 is 0. The van der Waals surface area contributed by atoms with Crippen molar-refractivity contribution in [2.75, 3.05) is 5.32 Å². The van der Waals surface area contributed by atoms with Crippen molar-refractivity contribution in [1.29, 1.82) is 0 Å². The van der Waals surface area contributed by atoms with Crippen molar-refractivity contribution in [2.24, 2.45) is 0 Å². The van der Waals surface area contributed by atoms with Gasteiger partial charge in [-0.2, -0.15) is 0 Å². The first kappa shape index (κ1) is 14.8. The third kappa shape index (κ3) is 2.56. The van der Waals surface area contributed by atoms with E-state index in [0.29, 0.717) is 11.3 Å². The van der Waals surface area contributed by atoms with Crippen LogP contribution in [0.5, 0.6) is 0 Å². The van der Waals surface area contributed by atoms with E-state index in [-0.39, 0.29) is 5.56 Å². The number of hydrogen-bond donors (Lipinski definition) is 2. The minimum atomic E-state index is -0.962. The molecule has 0 fully saturated rings. The van der Waals surface area contributed by atoms with Gasteiger partial charge in [0.1, 0.15) is 0 Å². The second-order valence-corrected chi connectivity index (χ2v) is 5.58. The Bertz CT molecular complexity index is 1170. The lowest BCUT2D eigenvalue weighted by atomic mass is 10.2. The predicted molar refractivity (Wildman–Crippen MR) is 97.3 cm³/mol. The summed E-state index contributed by atoms with van der Waals surface area (Å²) in [4.78, 5) is 15.9. The fourth-order valence-corrected chi connectivity index (χ4v) is 2.82. The topological polar surface area (TPSA) is 66.6 Å². The van der Waals surface area contributed by atoms with Crippen molar-refractivity contribution in [2.45, 2.75) is 0 Å². The van der Waals surface area contributed by atoms with Crippen molar-refractivity contribution >= 4 is 34.0 Å². The van der Waals surface area contributed by atoms with E-state index in [1.54, 1.807) is 18.2 Å². The molecule has 2 aromatic carbocycles. The molecule has 0 atom stereocenters. The Labute approximate surface area is 143 Å². The highest BCUT2D eigenvalue weighted by Gasteiger charge is 2.11. The Kier molecular flexibility index (Phi) is 3.37. The second-order valence-electron chi connectivity index (χ2n) is 5.58. The number of hydrogen-bond acceptors (Lipinski definition) is 3. The van der Waals surface area contributed by atoms with Gasteiger partial charge in [0.2, 0.25) is 0 Å². The van der Waals surface area contributed by atoms with Gasteiger partial charge in [-0.1, -0.05) is 12.0 Å². The van der Waals surface area contributed by atoms with Gasteiger partial charge in [-0.15, -0.1) is 6.42 Å². The van der Waals surface area contributed by atoms with Gasteiger partial charge in [0.15, 0.2) is 5.82 Å².